The molecule has 18 heavy (non-hydrogen) atoms. The number of hydrogen-bond donors (Lipinski definition) is 0. The van der Waals surface area contributed by atoms with E-state index in [-0.39, 0.29) is 0 Å². The molecular formula is C16H26N2. The number of nitrogens with zero attached hydrogens (tertiary/aromatic N) is 2. The van der Waals surface area contributed by atoms with E-state index in [1.54, 1.807) is 0 Å². The second-order valence-electron chi connectivity index (χ2n) is 3.74. The average molecular weight is 246 g/mol. The van der Waals surface area contributed by atoms with Gasteiger partial charge in [-0.05, 0) is 24.0 Å². The Kier molecular flexibility index (Phi) is 11.1. The molecule has 100 valence electrons. The van der Waals surface area contributed by atoms with E-state index in [2.05, 4.69) is 48.1 Å². The number of benzene rings is 1. The first-order valence-electron chi connectivity index (χ1n) is 6.96. The molecule has 0 aliphatic heterocycles. The molecule has 0 aromatic heterocycles. The first-order valence-corrected chi connectivity index (χ1v) is 6.96. The van der Waals surface area contributed by atoms with Crippen molar-refractivity contribution in [2.75, 3.05) is 13.1 Å². The lowest BCUT2D eigenvalue weighted by Crippen LogP contribution is -1.87. The average Bonchev–Trinajstić information content (AvgIpc) is 2.43. The zero-order valence-corrected chi connectivity index (χ0v) is 12.2. The molecule has 0 fully saturated rings. The Morgan fingerprint density at radius 1 is 0.778 bits per heavy atom. The van der Waals surface area contributed by atoms with Crippen LogP contribution in [0.2, 0.25) is 0 Å². The van der Waals surface area contributed by atoms with E-state index >= 15 is 0 Å². The van der Waals surface area contributed by atoms with E-state index in [1.807, 2.05) is 26.3 Å². The smallest absolute Gasteiger partial charge is 0.0386 e. The van der Waals surface area contributed by atoms with E-state index in [4.69, 9.17) is 0 Å². The zero-order chi connectivity index (χ0) is 13.6. The maximum Gasteiger partial charge on any atom is 0.0386 e. The highest BCUT2D eigenvalue weighted by atomic mass is 14.7. The van der Waals surface area contributed by atoms with Crippen LogP contribution in [0.3, 0.4) is 0 Å². The summed E-state index contributed by atoms with van der Waals surface area (Å²) in [5, 5.41) is 0. The molecule has 0 heterocycles. The molecule has 1 aromatic rings. The Balaban J connectivity index is 0.00000137. The van der Waals surface area contributed by atoms with Gasteiger partial charge in [-0.3, -0.25) is 9.98 Å². The quantitative estimate of drug-likeness (QED) is 0.666. The topological polar surface area (TPSA) is 24.7 Å². The minimum absolute atomic E-state index is 0.902. The Morgan fingerprint density at radius 3 is 1.39 bits per heavy atom. The summed E-state index contributed by atoms with van der Waals surface area (Å²) in [6, 6.07) is 8.30. The summed E-state index contributed by atoms with van der Waals surface area (Å²) in [5.74, 6) is 0. The molecule has 2 nitrogen and oxygen atoms in total. The molecule has 1 aromatic carbocycles. The Bertz CT molecular complexity index is 302. The minimum atomic E-state index is 0.902. The number of aliphatic imine (C=N–C) groups is 2. The van der Waals surface area contributed by atoms with Crippen molar-refractivity contribution in [3.63, 3.8) is 0 Å². The molecule has 0 aliphatic rings. The van der Waals surface area contributed by atoms with Crippen LogP contribution in [-0.4, -0.2) is 25.5 Å². The fourth-order valence-electron chi connectivity index (χ4n) is 1.27. The number of rotatable bonds is 6. The van der Waals surface area contributed by atoms with Gasteiger partial charge in [0.25, 0.3) is 0 Å². The van der Waals surface area contributed by atoms with Crippen molar-refractivity contribution < 1.29 is 0 Å². The van der Waals surface area contributed by atoms with Gasteiger partial charge < -0.3 is 0 Å². The number of hydrogen-bond acceptors (Lipinski definition) is 2. The van der Waals surface area contributed by atoms with Gasteiger partial charge in [0, 0.05) is 25.5 Å². The summed E-state index contributed by atoms with van der Waals surface area (Å²) in [6.07, 6.45) is 6.05. The highest BCUT2D eigenvalue weighted by molar-refractivity contribution is 5.84. The van der Waals surface area contributed by atoms with Crippen LogP contribution in [0.1, 0.15) is 51.7 Å². The van der Waals surface area contributed by atoms with Crippen LogP contribution in [0.4, 0.5) is 0 Å². The SMILES string of the molecule is CC.CCCN=Cc1ccc(C=NCCC)cc1. The highest BCUT2D eigenvalue weighted by Gasteiger charge is 1.89. The molecule has 0 bridgehead atoms. The maximum absolute atomic E-state index is 4.31. The highest BCUT2D eigenvalue weighted by Crippen LogP contribution is 2.00. The van der Waals surface area contributed by atoms with E-state index in [9.17, 15) is 0 Å². The predicted molar refractivity (Wildman–Crippen MR) is 83.3 cm³/mol. The third kappa shape index (κ3) is 7.77. The zero-order valence-electron chi connectivity index (χ0n) is 12.2. The van der Waals surface area contributed by atoms with Gasteiger partial charge in [-0.25, -0.2) is 0 Å². The molecule has 0 unspecified atom stereocenters. The third-order valence-corrected chi connectivity index (χ3v) is 2.12. The second kappa shape index (κ2) is 12.0. The van der Waals surface area contributed by atoms with Crippen molar-refractivity contribution in [2.24, 2.45) is 9.98 Å². The van der Waals surface area contributed by atoms with E-state index < -0.39 is 0 Å². The lowest BCUT2D eigenvalue weighted by atomic mass is 10.1. The van der Waals surface area contributed by atoms with Crippen LogP contribution in [0.15, 0.2) is 34.3 Å². The van der Waals surface area contributed by atoms with Crippen molar-refractivity contribution in [3.05, 3.63) is 35.4 Å². The first kappa shape index (κ1) is 16.6. The fourth-order valence-corrected chi connectivity index (χ4v) is 1.27. The largest absolute Gasteiger partial charge is 0.293 e. The van der Waals surface area contributed by atoms with Gasteiger partial charge in [0.05, 0.1) is 0 Å². The lowest BCUT2D eigenvalue weighted by molar-refractivity contribution is 0.936. The lowest BCUT2D eigenvalue weighted by Gasteiger charge is -1.95. The predicted octanol–water partition coefficient (Wildman–Crippen LogP) is 4.37. The van der Waals surface area contributed by atoms with E-state index in [0.29, 0.717) is 0 Å². The van der Waals surface area contributed by atoms with Gasteiger partial charge in [0.1, 0.15) is 0 Å². The van der Waals surface area contributed by atoms with E-state index in [1.165, 1.54) is 0 Å². The second-order valence-corrected chi connectivity index (χ2v) is 3.74. The Morgan fingerprint density at radius 2 is 1.11 bits per heavy atom. The molecule has 0 atom stereocenters. The molecule has 0 aliphatic carbocycles. The molecule has 0 saturated heterocycles. The summed E-state index contributed by atoms with van der Waals surface area (Å²) >= 11 is 0. The standard InChI is InChI=1S/C14H20N2.C2H6/c1-3-9-15-11-13-5-7-14(8-6-13)12-16-10-4-2;1-2/h5-8,11-12H,3-4,9-10H2,1-2H3;1-2H3. The summed E-state index contributed by atoms with van der Waals surface area (Å²) in [4.78, 5) is 8.61. The Labute approximate surface area is 112 Å². The molecule has 2 heteroatoms. The van der Waals surface area contributed by atoms with Crippen LogP contribution >= 0.6 is 0 Å². The molecule has 0 radical (unpaired) electrons. The van der Waals surface area contributed by atoms with Crippen molar-refractivity contribution in [1.82, 2.24) is 0 Å². The summed E-state index contributed by atoms with van der Waals surface area (Å²) in [7, 11) is 0. The summed E-state index contributed by atoms with van der Waals surface area (Å²) in [5.41, 5.74) is 2.31. The molecule has 0 amide bonds. The van der Waals surface area contributed by atoms with Gasteiger partial charge in [0.2, 0.25) is 0 Å². The molecule has 0 N–H and O–H groups in total. The molecule has 0 saturated carbocycles. The summed E-state index contributed by atoms with van der Waals surface area (Å²) < 4.78 is 0. The van der Waals surface area contributed by atoms with Crippen LogP contribution in [0.25, 0.3) is 0 Å². The van der Waals surface area contributed by atoms with Gasteiger partial charge in [-0.1, -0.05) is 52.0 Å². The van der Waals surface area contributed by atoms with Crippen molar-refractivity contribution in [1.29, 1.82) is 0 Å². The maximum atomic E-state index is 4.31. The van der Waals surface area contributed by atoms with Crippen LogP contribution in [0, 0.1) is 0 Å². The van der Waals surface area contributed by atoms with E-state index in [0.717, 1.165) is 37.1 Å². The summed E-state index contributed by atoms with van der Waals surface area (Å²) in [6.45, 7) is 10.1. The fraction of sp³-hybridized carbons (Fsp3) is 0.500. The normalized spacial score (nSPS) is 10.7. The molecule has 1 rings (SSSR count). The van der Waals surface area contributed by atoms with Crippen molar-refractivity contribution in [3.8, 4) is 0 Å². The first-order chi connectivity index (χ1) is 8.86. The Hall–Kier alpha value is -1.44. The van der Waals surface area contributed by atoms with Crippen LogP contribution < -0.4 is 0 Å². The van der Waals surface area contributed by atoms with Gasteiger partial charge >= 0.3 is 0 Å². The molecular weight excluding hydrogens is 220 g/mol. The van der Waals surface area contributed by atoms with Gasteiger partial charge in [0.15, 0.2) is 0 Å². The third-order valence-electron chi connectivity index (χ3n) is 2.12. The minimum Gasteiger partial charge on any atom is -0.293 e. The van der Waals surface area contributed by atoms with Crippen molar-refractivity contribution in [2.45, 2.75) is 40.5 Å². The van der Waals surface area contributed by atoms with Crippen molar-refractivity contribution >= 4 is 12.4 Å². The van der Waals surface area contributed by atoms with Gasteiger partial charge in [-0.15, -0.1) is 0 Å². The van der Waals surface area contributed by atoms with Gasteiger partial charge in [-0.2, -0.15) is 0 Å². The van der Waals surface area contributed by atoms with Crippen LogP contribution in [-0.2, 0) is 0 Å². The molecule has 0 spiro atoms. The van der Waals surface area contributed by atoms with Crippen LogP contribution in [0.5, 0.6) is 0 Å². The monoisotopic (exact) mass is 246 g/mol.